The van der Waals surface area contributed by atoms with Crippen molar-refractivity contribution in [3.8, 4) is 0 Å². The van der Waals surface area contributed by atoms with Crippen LogP contribution in [0.2, 0.25) is 0 Å². The van der Waals surface area contributed by atoms with Crippen molar-refractivity contribution < 1.29 is 9.90 Å². The first kappa shape index (κ1) is 13.1. The molecule has 0 amide bonds. The number of aliphatic carboxylic acids is 1. The minimum atomic E-state index is -0.805. The first-order chi connectivity index (χ1) is 8.60. The molecule has 1 saturated carbocycles. The van der Waals surface area contributed by atoms with E-state index in [0.717, 1.165) is 19.3 Å². The van der Waals surface area contributed by atoms with Gasteiger partial charge in [0.1, 0.15) is 5.54 Å². The molecule has 1 unspecified atom stereocenters. The van der Waals surface area contributed by atoms with Crippen LogP contribution in [0.1, 0.15) is 38.2 Å². The smallest absolute Gasteiger partial charge is 0.323 e. The Morgan fingerprint density at radius 1 is 1.39 bits per heavy atom. The molecule has 0 heterocycles. The van der Waals surface area contributed by atoms with Crippen LogP contribution in [0.3, 0.4) is 0 Å². The van der Waals surface area contributed by atoms with Crippen LogP contribution >= 0.6 is 0 Å². The number of hydrogen-bond donors (Lipinski definition) is 2. The first-order valence-corrected chi connectivity index (χ1v) is 6.65. The molecule has 2 rings (SSSR count). The SMILES string of the molecule is CC(CCc1ccccc1)(NC1CCC1)C(=O)O. The fraction of sp³-hybridized carbons (Fsp3) is 0.533. The zero-order valence-corrected chi connectivity index (χ0v) is 10.9. The van der Waals surface area contributed by atoms with Crippen molar-refractivity contribution in [3.05, 3.63) is 35.9 Å². The van der Waals surface area contributed by atoms with Crippen molar-refractivity contribution in [2.45, 2.75) is 50.6 Å². The van der Waals surface area contributed by atoms with Gasteiger partial charge in [0.15, 0.2) is 0 Å². The van der Waals surface area contributed by atoms with Crippen LogP contribution < -0.4 is 5.32 Å². The van der Waals surface area contributed by atoms with Crippen molar-refractivity contribution in [2.75, 3.05) is 0 Å². The zero-order valence-electron chi connectivity index (χ0n) is 10.9. The van der Waals surface area contributed by atoms with Gasteiger partial charge in [0.2, 0.25) is 0 Å². The summed E-state index contributed by atoms with van der Waals surface area (Å²) in [4.78, 5) is 11.5. The minimum absolute atomic E-state index is 0.391. The maximum atomic E-state index is 11.5. The number of nitrogens with one attached hydrogen (secondary N) is 1. The van der Waals surface area contributed by atoms with Gasteiger partial charge in [0.05, 0.1) is 0 Å². The predicted octanol–water partition coefficient (Wildman–Crippen LogP) is 2.60. The monoisotopic (exact) mass is 247 g/mol. The number of carboxylic acids is 1. The van der Waals surface area contributed by atoms with Crippen LogP contribution in [-0.4, -0.2) is 22.7 Å². The molecule has 0 aliphatic heterocycles. The molecule has 0 saturated heterocycles. The van der Waals surface area contributed by atoms with E-state index in [0.29, 0.717) is 12.5 Å². The quantitative estimate of drug-likeness (QED) is 0.812. The van der Waals surface area contributed by atoms with Gasteiger partial charge in [-0.2, -0.15) is 0 Å². The number of carboxylic acid groups (broad SMARTS) is 1. The third-order valence-corrected chi connectivity index (χ3v) is 3.86. The lowest BCUT2D eigenvalue weighted by molar-refractivity contribution is -0.145. The van der Waals surface area contributed by atoms with Crippen molar-refractivity contribution in [1.82, 2.24) is 5.32 Å². The molecular weight excluding hydrogens is 226 g/mol. The van der Waals surface area contributed by atoms with E-state index in [1.165, 1.54) is 12.0 Å². The third kappa shape index (κ3) is 3.10. The molecule has 98 valence electrons. The molecule has 0 spiro atoms. The summed E-state index contributed by atoms with van der Waals surface area (Å²) in [6.45, 7) is 1.80. The molecule has 1 atom stereocenters. The van der Waals surface area contributed by atoms with Crippen LogP contribution in [0.4, 0.5) is 0 Å². The molecule has 18 heavy (non-hydrogen) atoms. The third-order valence-electron chi connectivity index (χ3n) is 3.86. The second-order valence-electron chi connectivity index (χ2n) is 5.40. The summed E-state index contributed by atoms with van der Waals surface area (Å²) in [6, 6.07) is 10.4. The molecule has 3 heteroatoms. The van der Waals surface area contributed by atoms with Crippen molar-refractivity contribution in [2.24, 2.45) is 0 Å². The maximum absolute atomic E-state index is 11.5. The van der Waals surface area contributed by atoms with Gasteiger partial charge in [-0.15, -0.1) is 0 Å². The van der Waals surface area contributed by atoms with Crippen molar-refractivity contribution in [3.63, 3.8) is 0 Å². The highest BCUT2D eigenvalue weighted by molar-refractivity contribution is 5.78. The lowest BCUT2D eigenvalue weighted by Gasteiger charge is -2.36. The van der Waals surface area contributed by atoms with E-state index in [1.807, 2.05) is 30.3 Å². The Kier molecular flexibility index (Phi) is 4.02. The number of aryl methyl sites for hydroxylation is 1. The lowest BCUT2D eigenvalue weighted by atomic mass is 9.86. The second kappa shape index (κ2) is 5.53. The average molecular weight is 247 g/mol. The Morgan fingerprint density at radius 2 is 2.06 bits per heavy atom. The van der Waals surface area contributed by atoms with Gasteiger partial charge in [-0.3, -0.25) is 10.1 Å². The van der Waals surface area contributed by atoms with Gasteiger partial charge in [-0.25, -0.2) is 0 Å². The normalized spacial score (nSPS) is 18.9. The Balaban J connectivity index is 1.95. The zero-order chi connectivity index (χ0) is 13.0. The Bertz CT molecular complexity index is 400. The highest BCUT2D eigenvalue weighted by atomic mass is 16.4. The topological polar surface area (TPSA) is 49.3 Å². The molecule has 1 aromatic carbocycles. The first-order valence-electron chi connectivity index (χ1n) is 6.65. The fourth-order valence-electron chi connectivity index (χ4n) is 2.28. The maximum Gasteiger partial charge on any atom is 0.323 e. The van der Waals surface area contributed by atoms with E-state index in [2.05, 4.69) is 5.32 Å². The summed E-state index contributed by atoms with van der Waals surface area (Å²) in [5.74, 6) is -0.745. The second-order valence-corrected chi connectivity index (χ2v) is 5.40. The molecule has 1 aliphatic rings. The van der Waals surface area contributed by atoms with Gasteiger partial charge in [-0.05, 0) is 38.2 Å². The highest BCUT2D eigenvalue weighted by Gasteiger charge is 2.36. The summed E-state index contributed by atoms with van der Waals surface area (Å²) in [5.41, 5.74) is 0.390. The summed E-state index contributed by atoms with van der Waals surface area (Å²) in [7, 11) is 0. The van der Waals surface area contributed by atoms with Crippen LogP contribution in [0.25, 0.3) is 0 Å². The Hall–Kier alpha value is -1.35. The molecule has 0 aromatic heterocycles. The molecule has 1 aliphatic carbocycles. The summed E-state index contributed by atoms with van der Waals surface area (Å²) < 4.78 is 0. The Labute approximate surface area is 108 Å². The van der Waals surface area contributed by atoms with E-state index >= 15 is 0 Å². The molecule has 2 N–H and O–H groups in total. The summed E-state index contributed by atoms with van der Waals surface area (Å²) in [6.07, 6.45) is 4.85. The number of rotatable bonds is 6. The van der Waals surface area contributed by atoms with Crippen LogP contribution in [0, 0.1) is 0 Å². The van der Waals surface area contributed by atoms with Crippen molar-refractivity contribution >= 4 is 5.97 Å². The van der Waals surface area contributed by atoms with E-state index in [9.17, 15) is 9.90 Å². The van der Waals surface area contributed by atoms with Gasteiger partial charge in [0.25, 0.3) is 0 Å². The van der Waals surface area contributed by atoms with Crippen LogP contribution in [-0.2, 0) is 11.2 Å². The standard InChI is InChI=1S/C15H21NO2/c1-15(14(17)18,16-13-8-5-9-13)11-10-12-6-3-2-4-7-12/h2-4,6-7,13,16H,5,8-11H2,1H3,(H,17,18). The Morgan fingerprint density at radius 3 is 2.56 bits per heavy atom. The largest absolute Gasteiger partial charge is 0.480 e. The fourth-order valence-corrected chi connectivity index (χ4v) is 2.28. The number of benzene rings is 1. The average Bonchev–Trinajstić information content (AvgIpc) is 2.33. The van der Waals surface area contributed by atoms with Crippen LogP contribution in [0.5, 0.6) is 0 Å². The van der Waals surface area contributed by atoms with Gasteiger partial charge < -0.3 is 5.11 Å². The van der Waals surface area contributed by atoms with Crippen LogP contribution in [0.15, 0.2) is 30.3 Å². The molecule has 3 nitrogen and oxygen atoms in total. The van der Waals surface area contributed by atoms with E-state index in [-0.39, 0.29) is 0 Å². The molecule has 0 radical (unpaired) electrons. The van der Waals surface area contributed by atoms with Crippen molar-refractivity contribution in [1.29, 1.82) is 0 Å². The predicted molar refractivity (Wildman–Crippen MR) is 71.6 cm³/mol. The van der Waals surface area contributed by atoms with Gasteiger partial charge in [0, 0.05) is 6.04 Å². The van der Waals surface area contributed by atoms with E-state index < -0.39 is 11.5 Å². The number of carbonyl (C=O) groups is 1. The minimum Gasteiger partial charge on any atom is -0.480 e. The van der Waals surface area contributed by atoms with E-state index in [1.54, 1.807) is 6.92 Å². The number of hydrogen-bond acceptors (Lipinski definition) is 2. The molecule has 0 bridgehead atoms. The van der Waals surface area contributed by atoms with E-state index in [4.69, 9.17) is 0 Å². The molecule has 1 fully saturated rings. The molecular formula is C15H21NO2. The summed E-state index contributed by atoms with van der Waals surface area (Å²) >= 11 is 0. The summed E-state index contributed by atoms with van der Waals surface area (Å²) in [5, 5.41) is 12.7. The highest BCUT2D eigenvalue weighted by Crippen LogP contribution is 2.24. The lowest BCUT2D eigenvalue weighted by Crippen LogP contribution is -2.55. The van der Waals surface area contributed by atoms with Gasteiger partial charge >= 0.3 is 5.97 Å². The van der Waals surface area contributed by atoms with Gasteiger partial charge in [-0.1, -0.05) is 36.8 Å². The molecule has 1 aromatic rings.